The number of carbonyl (C=O) groups excluding carboxylic acids is 1. The van der Waals surface area contributed by atoms with Crippen LogP contribution in [0.2, 0.25) is 5.02 Å². The van der Waals surface area contributed by atoms with Crippen molar-refractivity contribution in [1.82, 2.24) is 0 Å². The summed E-state index contributed by atoms with van der Waals surface area (Å²) in [6, 6.07) is 14.9. The summed E-state index contributed by atoms with van der Waals surface area (Å²) in [6.45, 7) is 0. The Hall–Kier alpha value is -0.770. The topological polar surface area (TPSA) is 17.1 Å². The maximum atomic E-state index is 12.0. The molecule has 4 heteroatoms. The highest BCUT2D eigenvalue weighted by Gasteiger charge is 2.08. The number of ketones is 1. The van der Waals surface area contributed by atoms with Gasteiger partial charge in [0.15, 0.2) is 5.78 Å². The van der Waals surface area contributed by atoms with Crippen molar-refractivity contribution in [2.75, 3.05) is 5.75 Å². The number of hydrogen-bond acceptors (Lipinski definition) is 2. The van der Waals surface area contributed by atoms with E-state index in [2.05, 4.69) is 15.9 Å². The quantitative estimate of drug-likeness (QED) is 0.570. The summed E-state index contributed by atoms with van der Waals surface area (Å²) in [5, 5.41) is 0.590. The Kier molecular flexibility index (Phi) is 4.87. The number of carbonyl (C=O) groups is 1. The summed E-state index contributed by atoms with van der Waals surface area (Å²) in [4.78, 5) is 13.0. The largest absolute Gasteiger partial charge is 0.293 e. The van der Waals surface area contributed by atoms with Crippen molar-refractivity contribution < 1.29 is 4.79 Å². The van der Waals surface area contributed by atoms with Crippen molar-refractivity contribution in [3.8, 4) is 0 Å². The molecule has 0 heterocycles. The zero-order valence-corrected chi connectivity index (χ0v) is 12.6. The molecule has 0 fully saturated rings. The lowest BCUT2D eigenvalue weighted by Gasteiger charge is -2.04. The second-order valence-corrected chi connectivity index (χ2v) is 5.96. The Morgan fingerprint density at radius 1 is 1.17 bits per heavy atom. The number of benzene rings is 2. The molecule has 0 unspecified atom stereocenters. The van der Waals surface area contributed by atoms with Crippen LogP contribution in [0.25, 0.3) is 0 Å². The van der Waals surface area contributed by atoms with Crippen molar-refractivity contribution in [1.29, 1.82) is 0 Å². The third kappa shape index (κ3) is 3.61. The maximum absolute atomic E-state index is 12.0. The summed E-state index contributed by atoms with van der Waals surface area (Å²) >= 11 is 10.8. The predicted octanol–water partition coefficient (Wildman–Crippen LogP) is 5.08. The molecule has 1 nitrogen and oxygen atoms in total. The smallest absolute Gasteiger partial charge is 0.173 e. The molecule has 0 aliphatic heterocycles. The minimum atomic E-state index is 0.0817. The molecule has 0 radical (unpaired) electrons. The van der Waals surface area contributed by atoms with Gasteiger partial charge >= 0.3 is 0 Å². The van der Waals surface area contributed by atoms with Gasteiger partial charge < -0.3 is 0 Å². The summed E-state index contributed by atoms with van der Waals surface area (Å²) in [6.07, 6.45) is 0. The van der Waals surface area contributed by atoms with E-state index in [-0.39, 0.29) is 5.78 Å². The molecular weight excluding hydrogens is 332 g/mol. The van der Waals surface area contributed by atoms with Crippen molar-refractivity contribution in [3.63, 3.8) is 0 Å². The molecule has 0 amide bonds. The van der Waals surface area contributed by atoms with Crippen LogP contribution in [0.3, 0.4) is 0 Å². The molecule has 92 valence electrons. The number of hydrogen-bond donors (Lipinski definition) is 0. The van der Waals surface area contributed by atoms with E-state index >= 15 is 0 Å². The van der Waals surface area contributed by atoms with Crippen LogP contribution in [-0.4, -0.2) is 11.5 Å². The molecule has 2 aromatic carbocycles. The number of thioether (sulfide) groups is 1. The molecule has 0 saturated carbocycles. The Morgan fingerprint density at radius 2 is 1.94 bits per heavy atom. The minimum Gasteiger partial charge on any atom is -0.293 e. The standard InChI is InChI=1S/C14H10BrClOS/c15-12-6-1-2-7-14(12)18-9-13(17)10-4-3-5-11(16)8-10/h1-8H,9H2. The van der Waals surface area contributed by atoms with Gasteiger partial charge in [-0.25, -0.2) is 0 Å². The second kappa shape index (κ2) is 6.41. The van der Waals surface area contributed by atoms with Crippen LogP contribution in [0.5, 0.6) is 0 Å². The highest BCUT2D eigenvalue weighted by molar-refractivity contribution is 9.10. The van der Waals surface area contributed by atoms with Crippen molar-refractivity contribution >= 4 is 45.1 Å². The minimum absolute atomic E-state index is 0.0817. The fourth-order valence-electron chi connectivity index (χ4n) is 1.45. The molecular formula is C14H10BrClOS. The van der Waals surface area contributed by atoms with Gasteiger partial charge in [0.05, 0.1) is 5.75 Å². The van der Waals surface area contributed by atoms with Gasteiger partial charge in [0.2, 0.25) is 0 Å². The molecule has 18 heavy (non-hydrogen) atoms. The molecule has 0 aliphatic rings. The normalized spacial score (nSPS) is 10.3. The van der Waals surface area contributed by atoms with Gasteiger partial charge in [-0.3, -0.25) is 4.79 Å². The van der Waals surface area contributed by atoms with Crippen LogP contribution in [0, 0.1) is 0 Å². The summed E-state index contributed by atoms with van der Waals surface area (Å²) < 4.78 is 1.01. The Morgan fingerprint density at radius 3 is 2.67 bits per heavy atom. The highest BCUT2D eigenvalue weighted by Crippen LogP contribution is 2.27. The number of rotatable bonds is 4. The number of Topliss-reactive ketones (excluding diaryl/α,β-unsaturated/α-hetero) is 1. The van der Waals surface area contributed by atoms with Crippen LogP contribution >= 0.6 is 39.3 Å². The van der Waals surface area contributed by atoms with E-state index in [1.165, 1.54) is 11.8 Å². The highest BCUT2D eigenvalue weighted by atomic mass is 79.9. The third-order valence-electron chi connectivity index (χ3n) is 2.34. The summed E-state index contributed by atoms with van der Waals surface area (Å²) in [7, 11) is 0. The maximum Gasteiger partial charge on any atom is 0.173 e. The molecule has 0 spiro atoms. The first-order chi connectivity index (χ1) is 8.66. The van der Waals surface area contributed by atoms with Crippen LogP contribution in [0.4, 0.5) is 0 Å². The molecule has 0 saturated heterocycles. The second-order valence-electron chi connectivity index (χ2n) is 3.65. The van der Waals surface area contributed by atoms with Crippen molar-refractivity contribution in [2.45, 2.75) is 4.90 Å². The molecule has 0 bridgehead atoms. The molecule has 0 aliphatic carbocycles. The van der Waals surface area contributed by atoms with E-state index in [9.17, 15) is 4.79 Å². The first-order valence-corrected chi connectivity index (χ1v) is 7.48. The number of halogens is 2. The zero-order chi connectivity index (χ0) is 13.0. The van der Waals surface area contributed by atoms with Gasteiger partial charge in [-0.05, 0) is 40.2 Å². The van der Waals surface area contributed by atoms with Gasteiger partial charge in [0.25, 0.3) is 0 Å². The fraction of sp³-hybridized carbons (Fsp3) is 0.0714. The lowest BCUT2D eigenvalue weighted by atomic mass is 10.1. The van der Waals surface area contributed by atoms with E-state index in [0.717, 1.165) is 9.37 Å². The first-order valence-electron chi connectivity index (χ1n) is 5.33. The van der Waals surface area contributed by atoms with Crippen molar-refractivity contribution in [3.05, 3.63) is 63.6 Å². The lowest BCUT2D eigenvalue weighted by molar-refractivity contribution is 0.102. The van der Waals surface area contributed by atoms with Gasteiger partial charge in [-0.2, -0.15) is 0 Å². The molecule has 0 N–H and O–H groups in total. The Bertz CT molecular complexity index is 571. The Balaban J connectivity index is 2.03. The van der Waals surface area contributed by atoms with Gasteiger partial charge in [-0.1, -0.05) is 35.9 Å². The first kappa shape index (κ1) is 13.7. The van der Waals surface area contributed by atoms with E-state index in [1.807, 2.05) is 24.3 Å². The Labute approximate surface area is 124 Å². The van der Waals surface area contributed by atoms with E-state index in [4.69, 9.17) is 11.6 Å². The van der Waals surface area contributed by atoms with Gasteiger partial charge in [0.1, 0.15) is 0 Å². The molecule has 0 atom stereocenters. The van der Waals surface area contributed by atoms with Crippen molar-refractivity contribution in [2.24, 2.45) is 0 Å². The summed E-state index contributed by atoms with van der Waals surface area (Å²) in [5.74, 6) is 0.487. The summed E-state index contributed by atoms with van der Waals surface area (Å²) in [5.41, 5.74) is 0.655. The van der Waals surface area contributed by atoms with E-state index in [1.54, 1.807) is 24.3 Å². The van der Waals surface area contributed by atoms with Crippen LogP contribution in [-0.2, 0) is 0 Å². The van der Waals surface area contributed by atoms with Gasteiger partial charge in [0, 0.05) is 20.0 Å². The van der Waals surface area contributed by atoms with E-state index in [0.29, 0.717) is 16.3 Å². The third-order valence-corrected chi connectivity index (χ3v) is 4.60. The fourth-order valence-corrected chi connectivity index (χ4v) is 3.10. The average molecular weight is 342 g/mol. The van der Waals surface area contributed by atoms with Crippen LogP contribution < -0.4 is 0 Å². The predicted molar refractivity (Wildman–Crippen MR) is 80.6 cm³/mol. The molecule has 2 rings (SSSR count). The monoisotopic (exact) mass is 340 g/mol. The average Bonchev–Trinajstić information content (AvgIpc) is 2.37. The van der Waals surface area contributed by atoms with Crippen LogP contribution in [0.15, 0.2) is 57.9 Å². The van der Waals surface area contributed by atoms with E-state index < -0.39 is 0 Å². The zero-order valence-electron chi connectivity index (χ0n) is 9.40. The lowest BCUT2D eigenvalue weighted by Crippen LogP contribution is -2.02. The SMILES string of the molecule is O=C(CSc1ccccc1Br)c1cccc(Cl)c1. The molecule has 2 aromatic rings. The molecule has 0 aromatic heterocycles. The van der Waals surface area contributed by atoms with Gasteiger partial charge in [-0.15, -0.1) is 11.8 Å². The van der Waals surface area contributed by atoms with Crippen LogP contribution in [0.1, 0.15) is 10.4 Å².